The third-order valence-corrected chi connectivity index (χ3v) is 9.11. The van der Waals surface area contributed by atoms with E-state index in [-0.39, 0.29) is 17.6 Å². The molecule has 0 spiro atoms. The van der Waals surface area contributed by atoms with E-state index in [4.69, 9.17) is 14.7 Å². The average molecular weight is 538 g/mol. The summed E-state index contributed by atoms with van der Waals surface area (Å²) in [5.41, 5.74) is 0.147. The molecule has 2 unspecified atom stereocenters. The number of aliphatic hydroxyl groups is 4. The monoisotopic (exact) mass is 538 g/mol. The molecule has 1 aliphatic carbocycles. The van der Waals surface area contributed by atoms with Crippen LogP contribution in [0, 0.1) is 11.3 Å². The summed E-state index contributed by atoms with van der Waals surface area (Å²) >= 11 is 0. The summed E-state index contributed by atoms with van der Waals surface area (Å²) in [5, 5.41) is 50.8. The number of aromatic nitrogens is 3. The molecule has 1 saturated heterocycles. The van der Waals surface area contributed by atoms with Crippen molar-refractivity contribution in [1.29, 1.82) is 5.41 Å². The number of hydrogen-bond donors (Lipinski definition) is 7. The first-order valence-corrected chi connectivity index (χ1v) is 13.5. The van der Waals surface area contributed by atoms with Gasteiger partial charge in [-0.3, -0.25) is 14.5 Å². The second-order valence-electron chi connectivity index (χ2n) is 8.66. The van der Waals surface area contributed by atoms with Gasteiger partial charge in [0, 0.05) is 12.1 Å². The van der Waals surface area contributed by atoms with Gasteiger partial charge in [0.1, 0.15) is 35.6 Å². The Balaban J connectivity index is 1.58. The minimum Gasteiger partial charge on any atom is -0.390 e. The number of ether oxygens (including phenoxy) is 1. The molecule has 2 aromatic heterocycles. The Morgan fingerprint density at radius 2 is 1.66 bits per heavy atom. The van der Waals surface area contributed by atoms with Gasteiger partial charge in [-0.05, 0) is 12.5 Å². The van der Waals surface area contributed by atoms with Crippen molar-refractivity contribution >= 4 is 26.7 Å². The zero-order valence-corrected chi connectivity index (χ0v) is 19.6. The quantitative estimate of drug-likeness (QED) is 0.189. The molecule has 194 valence electrons. The molecule has 7 N–H and O–H groups in total. The number of nitrogens with zero attached hydrogens (tertiary/aromatic N) is 3. The Bertz CT molecular complexity index is 1280. The Kier molecular flexibility index (Phi) is 6.32. The van der Waals surface area contributed by atoms with Crippen molar-refractivity contribution in [3.63, 3.8) is 0 Å². The maximum absolute atomic E-state index is 12.2. The van der Waals surface area contributed by atoms with Crippen LogP contribution in [0.25, 0.3) is 11.0 Å². The van der Waals surface area contributed by atoms with Gasteiger partial charge in [-0.25, -0.2) is 14.1 Å². The third-order valence-electron chi connectivity index (χ3n) is 6.51. The number of fused-ring (bicyclic) bond motifs is 7. The van der Waals surface area contributed by atoms with Crippen LogP contribution in [0.5, 0.6) is 0 Å². The summed E-state index contributed by atoms with van der Waals surface area (Å²) in [6, 6.07) is 0.675. The first-order valence-electron chi connectivity index (χ1n) is 10.5. The number of rotatable bonds is 0. The zero-order chi connectivity index (χ0) is 25.3. The standard InChI is InChI=1S/C17H24N4O12P2/c18-15-8-1-2-20-16(8)19-6-21(15)9-3-7(11(22)12(9)23)4-30-34(26,27)33-35(28,29)31-5-10-13(24)14(25)17(20)32-10/h1-2,6-7,9-14,17-18,22-25H,3-5H2,(H,26,27)(H,28,29)/t7-,9-,10-,11-,12+,13-,14-,17-/m1/s1. The molecule has 0 aromatic carbocycles. The van der Waals surface area contributed by atoms with E-state index in [0.717, 1.165) is 0 Å². The molecule has 8 bridgehead atoms. The van der Waals surface area contributed by atoms with Gasteiger partial charge >= 0.3 is 15.6 Å². The lowest BCUT2D eigenvalue weighted by molar-refractivity contribution is -0.0502. The molecule has 3 aliphatic heterocycles. The number of phosphoric ester groups is 2. The van der Waals surface area contributed by atoms with Crippen LogP contribution < -0.4 is 5.49 Å². The third kappa shape index (κ3) is 4.44. The molecule has 35 heavy (non-hydrogen) atoms. The Morgan fingerprint density at radius 3 is 2.37 bits per heavy atom. The van der Waals surface area contributed by atoms with Crippen LogP contribution in [-0.2, 0) is 27.2 Å². The fourth-order valence-electron chi connectivity index (χ4n) is 4.70. The van der Waals surface area contributed by atoms with E-state index in [9.17, 15) is 39.3 Å². The molecule has 5 heterocycles. The SMILES string of the molecule is N=c1c2ccn3c2ncn1[C@@H]1C[C@H](COP(=O)(O)OP(=O)(O)OC[C@H]2O[C@@H]3[C@H](O)[C@@H]2O)[C@@H](O)[C@H]1O. The van der Waals surface area contributed by atoms with Crippen LogP contribution in [0.3, 0.4) is 0 Å². The van der Waals surface area contributed by atoms with Crippen molar-refractivity contribution in [2.75, 3.05) is 13.2 Å². The number of nitrogens with one attached hydrogen (secondary N) is 1. The van der Waals surface area contributed by atoms with Crippen LogP contribution >= 0.6 is 15.6 Å². The summed E-state index contributed by atoms with van der Waals surface area (Å²) in [4.78, 5) is 24.1. The Labute approximate surface area is 196 Å². The van der Waals surface area contributed by atoms with Gasteiger partial charge in [-0.2, -0.15) is 4.31 Å². The van der Waals surface area contributed by atoms with Crippen molar-refractivity contribution in [2.24, 2.45) is 5.92 Å². The van der Waals surface area contributed by atoms with Crippen molar-refractivity contribution in [3.05, 3.63) is 24.1 Å². The first-order chi connectivity index (χ1) is 16.4. The lowest BCUT2D eigenvalue weighted by Gasteiger charge is -2.21. The van der Waals surface area contributed by atoms with Crippen LogP contribution in [-0.4, -0.2) is 88.1 Å². The van der Waals surface area contributed by atoms with Gasteiger partial charge < -0.3 is 44.1 Å². The minimum atomic E-state index is -5.20. The molecular weight excluding hydrogens is 514 g/mol. The summed E-state index contributed by atoms with van der Waals surface area (Å²) in [7, 11) is -10.4. The fraction of sp³-hybridized carbons (Fsp3) is 0.647. The zero-order valence-electron chi connectivity index (χ0n) is 17.8. The highest BCUT2D eigenvalue weighted by Crippen LogP contribution is 2.61. The normalized spacial score (nSPS) is 44.6. The van der Waals surface area contributed by atoms with E-state index >= 15 is 0 Å². The molecular formula is C17H24N4O12P2. The van der Waals surface area contributed by atoms with Crippen molar-refractivity contribution in [3.8, 4) is 0 Å². The van der Waals surface area contributed by atoms with E-state index in [1.807, 2.05) is 0 Å². The molecule has 4 aliphatic rings. The predicted octanol–water partition coefficient (Wildman–Crippen LogP) is -1.52. The summed E-state index contributed by atoms with van der Waals surface area (Å²) in [6.45, 7) is -1.42. The molecule has 16 nitrogen and oxygen atoms in total. The highest BCUT2D eigenvalue weighted by molar-refractivity contribution is 7.61. The fourth-order valence-corrected chi connectivity index (χ4v) is 6.84. The molecule has 2 aromatic rings. The maximum atomic E-state index is 12.2. The molecule has 1 saturated carbocycles. The second-order valence-corrected chi connectivity index (χ2v) is 11.7. The van der Waals surface area contributed by atoms with Crippen LogP contribution in [0.15, 0.2) is 18.6 Å². The number of phosphoric acid groups is 2. The van der Waals surface area contributed by atoms with E-state index in [0.29, 0.717) is 5.39 Å². The van der Waals surface area contributed by atoms with E-state index < -0.39 is 77.6 Å². The highest BCUT2D eigenvalue weighted by Gasteiger charge is 2.47. The molecule has 6 rings (SSSR count). The van der Waals surface area contributed by atoms with Crippen LogP contribution in [0.1, 0.15) is 18.7 Å². The largest absolute Gasteiger partial charge is 0.481 e. The van der Waals surface area contributed by atoms with Gasteiger partial charge in [0.15, 0.2) is 6.23 Å². The molecule has 18 heteroatoms. The molecule has 0 amide bonds. The molecule has 0 radical (unpaired) electrons. The lowest BCUT2D eigenvalue weighted by atomic mass is 10.1. The van der Waals surface area contributed by atoms with Crippen molar-refractivity contribution < 1.29 is 57.4 Å². The van der Waals surface area contributed by atoms with Gasteiger partial charge in [-0.1, -0.05) is 0 Å². The predicted molar refractivity (Wildman–Crippen MR) is 111 cm³/mol. The average Bonchev–Trinajstić information content (AvgIpc) is 3.41. The van der Waals surface area contributed by atoms with E-state index in [1.54, 1.807) is 0 Å². The van der Waals surface area contributed by atoms with Gasteiger partial charge in [0.25, 0.3) is 0 Å². The lowest BCUT2D eigenvalue weighted by Crippen LogP contribution is -2.35. The Hall–Kier alpha value is -1.52. The van der Waals surface area contributed by atoms with Gasteiger partial charge in [-0.15, -0.1) is 0 Å². The Morgan fingerprint density at radius 1 is 0.971 bits per heavy atom. The summed E-state index contributed by atoms with van der Waals surface area (Å²) < 4.78 is 46.4. The molecule has 2 fully saturated rings. The van der Waals surface area contributed by atoms with Crippen LogP contribution in [0.2, 0.25) is 0 Å². The van der Waals surface area contributed by atoms with Gasteiger partial charge in [0.05, 0.1) is 37.1 Å². The van der Waals surface area contributed by atoms with Crippen LogP contribution in [0.4, 0.5) is 0 Å². The second kappa shape index (κ2) is 8.80. The van der Waals surface area contributed by atoms with E-state index in [2.05, 4.69) is 13.8 Å². The summed E-state index contributed by atoms with van der Waals surface area (Å²) in [6.07, 6.45) is -5.69. The maximum Gasteiger partial charge on any atom is 0.481 e. The summed E-state index contributed by atoms with van der Waals surface area (Å²) in [5.74, 6) is -0.890. The van der Waals surface area contributed by atoms with Crippen molar-refractivity contribution in [1.82, 2.24) is 14.1 Å². The van der Waals surface area contributed by atoms with Gasteiger partial charge in [0.2, 0.25) is 0 Å². The van der Waals surface area contributed by atoms with E-state index in [1.165, 1.54) is 27.7 Å². The smallest absolute Gasteiger partial charge is 0.390 e. The molecule has 10 atom stereocenters. The topological polar surface area (TPSA) is 239 Å². The first kappa shape index (κ1) is 25.1. The number of aliphatic hydroxyl groups excluding tert-OH is 4. The minimum absolute atomic E-state index is 0.0123. The highest BCUT2D eigenvalue weighted by atomic mass is 31.3. The number of hydrogen-bond acceptors (Lipinski definition) is 12. The van der Waals surface area contributed by atoms with Crippen molar-refractivity contribution in [2.45, 2.75) is 49.2 Å².